The number of thiazole rings is 1. The van der Waals surface area contributed by atoms with Gasteiger partial charge in [-0.2, -0.15) is 4.31 Å². The molecule has 2 aromatic carbocycles. The standard InChI is InChI=1S/C26H31N3O3S2/c1-18-15-19(2)17-29(16-18)34(31,32)22-9-7-21(8-10-22)26(30)28-13-11-20(12-14-28)25-27-23-5-3-4-6-24(23)33-25/h3-10,18-20H,11-17H2,1-2H3. The molecule has 2 aliphatic heterocycles. The number of likely N-dealkylation sites (tertiary alicyclic amines) is 1. The minimum Gasteiger partial charge on any atom is -0.339 e. The summed E-state index contributed by atoms with van der Waals surface area (Å²) in [5.41, 5.74) is 1.59. The van der Waals surface area contributed by atoms with Crippen LogP contribution in [0.25, 0.3) is 10.2 Å². The van der Waals surface area contributed by atoms with Gasteiger partial charge in [-0.3, -0.25) is 4.79 Å². The highest BCUT2D eigenvalue weighted by molar-refractivity contribution is 7.89. The average molecular weight is 498 g/mol. The summed E-state index contributed by atoms with van der Waals surface area (Å²) in [7, 11) is -3.54. The molecule has 3 aromatic rings. The number of rotatable bonds is 4. The molecule has 8 heteroatoms. The van der Waals surface area contributed by atoms with Gasteiger partial charge in [-0.25, -0.2) is 13.4 Å². The molecule has 1 aromatic heterocycles. The lowest BCUT2D eigenvalue weighted by Crippen LogP contribution is -2.42. The van der Waals surface area contributed by atoms with Gasteiger partial charge in [-0.05, 0) is 67.5 Å². The molecule has 0 aliphatic carbocycles. The number of sulfonamides is 1. The van der Waals surface area contributed by atoms with Crippen LogP contribution in [-0.4, -0.2) is 54.7 Å². The number of hydrogen-bond acceptors (Lipinski definition) is 5. The fraction of sp³-hybridized carbons (Fsp3) is 0.462. The van der Waals surface area contributed by atoms with Gasteiger partial charge in [0.05, 0.1) is 20.1 Å². The second kappa shape index (κ2) is 9.40. The Morgan fingerprint density at radius 1 is 0.971 bits per heavy atom. The Morgan fingerprint density at radius 3 is 2.26 bits per heavy atom. The third-order valence-electron chi connectivity index (χ3n) is 7.02. The van der Waals surface area contributed by atoms with Crippen molar-refractivity contribution in [3.05, 3.63) is 59.1 Å². The fourth-order valence-electron chi connectivity index (χ4n) is 5.30. The predicted molar refractivity (Wildman–Crippen MR) is 136 cm³/mol. The summed E-state index contributed by atoms with van der Waals surface area (Å²) in [4.78, 5) is 20.0. The Labute approximate surface area is 205 Å². The molecule has 180 valence electrons. The molecule has 1 amide bonds. The zero-order valence-corrected chi connectivity index (χ0v) is 21.3. The molecular formula is C26H31N3O3S2. The lowest BCUT2D eigenvalue weighted by Gasteiger charge is -2.34. The molecule has 3 heterocycles. The number of carbonyl (C=O) groups is 1. The molecule has 2 fully saturated rings. The largest absolute Gasteiger partial charge is 0.339 e. The van der Waals surface area contributed by atoms with Crippen LogP contribution in [0, 0.1) is 11.8 Å². The van der Waals surface area contributed by atoms with E-state index in [4.69, 9.17) is 4.98 Å². The van der Waals surface area contributed by atoms with Crippen molar-refractivity contribution in [3.63, 3.8) is 0 Å². The van der Waals surface area contributed by atoms with E-state index in [1.807, 2.05) is 23.1 Å². The van der Waals surface area contributed by atoms with Crippen molar-refractivity contribution < 1.29 is 13.2 Å². The van der Waals surface area contributed by atoms with Crippen molar-refractivity contribution in [2.45, 2.75) is 43.9 Å². The Hall–Kier alpha value is -2.29. The van der Waals surface area contributed by atoms with Gasteiger partial charge in [-0.15, -0.1) is 11.3 Å². The predicted octanol–water partition coefficient (Wildman–Crippen LogP) is 4.98. The number of nitrogens with zero attached hydrogens (tertiary/aromatic N) is 3. The quantitative estimate of drug-likeness (QED) is 0.510. The van der Waals surface area contributed by atoms with Gasteiger partial charge in [0.2, 0.25) is 10.0 Å². The highest BCUT2D eigenvalue weighted by Gasteiger charge is 2.32. The Kier molecular flexibility index (Phi) is 6.48. The van der Waals surface area contributed by atoms with E-state index < -0.39 is 10.0 Å². The molecule has 0 spiro atoms. The molecule has 5 rings (SSSR count). The molecule has 6 nitrogen and oxygen atoms in total. The minimum absolute atomic E-state index is 0.0353. The molecule has 0 saturated carbocycles. The van der Waals surface area contributed by atoms with E-state index in [0.717, 1.165) is 29.8 Å². The Morgan fingerprint density at radius 2 is 1.62 bits per heavy atom. The highest BCUT2D eigenvalue weighted by atomic mass is 32.2. The number of benzene rings is 2. The molecule has 2 saturated heterocycles. The molecule has 0 bridgehead atoms. The fourth-order valence-corrected chi connectivity index (χ4v) is 8.11. The maximum atomic E-state index is 13.1. The SMILES string of the molecule is CC1CC(C)CN(S(=O)(=O)c2ccc(C(=O)N3CCC(c4nc5ccccc5s4)CC3)cc2)C1. The molecule has 2 unspecified atom stereocenters. The van der Waals surface area contributed by atoms with Gasteiger partial charge >= 0.3 is 0 Å². The van der Waals surface area contributed by atoms with Gasteiger partial charge in [0.15, 0.2) is 0 Å². The van der Waals surface area contributed by atoms with Gasteiger partial charge in [0.1, 0.15) is 0 Å². The van der Waals surface area contributed by atoms with Crippen LogP contribution in [0.5, 0.6) is 0 Å². The molecular weight excluding hydrogens is 466 g/mol. The first-order chi connectivity index (χ1) is 16.3. The van der Waals surface area contributed by atoms with Crippen molar-refractivity contribution in [1.29, 1.82) is 0 Å². The van der Waals surface area contributed by atoms with E-state index in [1.165, 1.54) is 4.70 Å². The summed E-state index contributed by atoms with van der Waals surface area (Å²) in [6, 6.07) is 14.7. The van der Waals surface area contributed by atoms with Crippen LogP contribution in [0.4, 0.5) is 0 Å². The average Bonchev–Trinajstić information content (AvgIpc) is 3.27. The van der Waals surface area contributed by atoms with Crippen molar-refractivity contribution in [3.8, 4) is 0 Å². The molecule has 0 N–H and O–H groups in total. The molecule has 2 aliphatic rings. The van der Waals surface area contributed by atoms with Crippen molar-refractivity contribution in [2.24, 2.45) is 11.8 Å². The highest BCUT2D eigenvalue weighted by Crippen LogP contribution is 2.34. The third-order valence-corrected chi connectivity index (χ3v) is 10.1. The molecule has 0 radical (unpaired) electrons. The number of hydrogen-bond donors (Lipinski definition) is 0. The van der Waals surface area contributed by atoms with Crippen LogP contribution in [0.2, 0.25) is 0 Å². The van der Waals surface area contributed by atoms with Gasteiger partial charge in [0.25, 0.3) is 5.91 Å². The number of piperidine rings is 2. The number of fused-ring (bicyclic) bond motifs is 1. The summed E-state index contributed by atoms with van der Waals surface area (Å²) in [6.07, 6.45) is 2.84. The van der Waals surface area contributed by atoms with E-state index >= 15 is 0 Å². The zero-order valence-electron chi connectivity index (χ0n) is 19.7. The zero-order chi connectivity index (χ0) is 23.9. The number of aromatic nitrogens is 1. The summed E-state index contributed by atoms with van der Waals surface area (Å²) in [5.74, 6) is 1.05. The van der Waals surface area contributed by atoms with Gasteiger partial charge < -0.3 is 4.90 Å². The van der Waals surface area contributed by atoms with Crippen molar-refractivity contribution in [2.75, 3.05) is 26.2 Å². The van der Waals surface area contributed by atoms with Crippen LogP contribution in [0.1, 0.15) is 54.4 Å². The van der Waals surface area contributed by atoms with E-state index in [9.17, 15) is 13.2 Å². The summed E-state index contributed by atoms with van der Waals surface area (Å²) < 4.78 is 29.0. The van der Waals surface area contributed by atoms with Gasteiger partial charge in [0, 0.05) is 37.7 Å². The first kappa shape index (κ1) is 23.5. The maximum absolute atomic E-state index is 13.1. The van der Waals surface area contributed by atoms with Crippen LogP contribution < -0.4 is 0 Å². The second-order valence-corrected chi connectivity index (χ2v) is 12.9. The summed E-state index contributed by atoms with van der Waals surface area (Å²) in [5, 5.41) is 1.16. The summed E-state index contributed by atoms with van der Waals surface area (Å²) >= 11 is 1.75. The van der Waals surface area contributed by atoms with E-state index in [0.29, 0.717) is 49.5 Å². The van der Waals surface area contributed by atoms with E-state index in [2.05, 4.69) is 19.9 Å². The molecule has 34 heavy (non-hydrogen) atoms. The Bertz CT molecular complexity index is 1240. The summed E-state index contributed by atoms with van der Waals surface area (Å²) in [6.45, 7) is 6.67. The van der Waals surface area contributed by atoms with Crippen molar-refractivity contribution >= 4 is 37.5 Å². The van der Waals surface area contributed by atoms with Gasteiger partial charge in [-0.1, -0.05) is 26.0 Å². The number of para-hydroxylation sites is 1. The van der Waals surface area contributed by atoms with Crippen LogP contribution >= 0.6 is 11.3 Å². The smallest absolute Gasteiger partial charge is 0.253 e. The second-order valence-electron chi connectivity index (χ2n) is 9.88. The van der Waals surface area contributed by atoms with E-state index in [-0.39, 0.29) is 10.8 Å². The topological polar surface area (TPSA) is 70.6 Å². The molecule has 2 atom stereocenters. The lowest BCUT2D eigenvalue weighted by atomic mass is 9.94. The third kappa shape index (κ3) is 4.63. The monoisotopic (exact) mass is 497 g/mol. The van der Waals surface area contributed by atoms with Crippen LogP contribution in [0.3, 0.4) is 0 Å². The maximum Gasteiger partial charge on any atom is 0.253 e. The number of carbonyl (C=O) groups excluding carboxylic acids is 1. The Balaban J connectivity index is 1.23. The minimum atomic E-state index is -3.54. The van der Waals surface area contributed by atoms with E-state index in [1.54, 1.807) is 39.9 Å². The number of amides is 1. The normalized spacial score (nSPS) is 22.8. The lowest BCUT2D eigenvalue weighted by molar-refractivity contribution is 0.0713. The van der Waals surface area contributed by atoms with Crippen LogP contribution in [0.15, 0.2) is 53.4 Å². The first-order valence-electron chi connectivity index (χ1n) is 12.1. The van der Waals surface area contributed by atoms with Crippen molar-refractivity contribution in [1.82, 2.24) is 14.2 Å². The first-order valence-corrected chi connectivity index (χ1v) is 14.3. The van der Waals surface area contributed by atoms with Crippen LogP contribution in [-0.2, 0) is 10.0 Å².